The fourth-order valence-electron chi connectivity index (χ4n) is 2.44. The van der Waals surface area contributed by atoms with Gasteiger partial charge in [0.1, 0.15) is 0 Å². The molecule has 1 fully saturated rings. The van der Waals surface area contributed by atoms with Crippen molar-refractivity contribution < 1.29 is 4.79 Å². The maximum Gasteiger partial charge on any atom is 0.227 e. The van der Waals surface area contributed by atoms with Gasteiger partial charge in [-0.1, -0.05) is 24.6 Å². The van der Waals surface area contributed by atoms with Gasteiger partial charge in [-0.15, -0.1) is 12.4 Å². The molecule has 20 heavy (non-hydrogen) atoms. The van der Waals surface area contributed by atoms with E-state index in [2.05, 4.69) is 5.32 Å². The van der Waals surface area contributed by atoms with Gasteiger partial charge in [-0.25, -0.2) is 0 Å². The van der Waals surface area contributed by atoms with Gasteiger partial charge in [0, 0.05) is 18.7 Å². The van der Waals surface area contributed by atoms with Crippen molar-refractivity contribution in [3.05, 3.63) is 30.3 Å². The second-order valence-corrected chi connectivity index (χ2v) is 5.34. The Bertz CT molecular complexity index is 393. The van der Waals surface area contributed by atoms with Crippen LogP contribution in [0.4, 0.5) is 5.69 Å². The van der Waals surface area contributed by atoms with Crippen LogP contribution in [0.15, 0.2) is 30.3 Å². The van der Waals surface area contributed by atoms with Crippen molar-refractivity contribution in [3.63, 3.8) is 0 Å². The number of hydrogen-bond acceptors (Lipinski definition) is 2. The third-order valence-corrected chi connectivity index (χ3v) is 3.85. The van der Waals surface area contributed by atoms with Crippen molar-refractivity contribution in [2.45, 2.75) is 32.1 Å². The maximum absolute atomic E-state index is 12.4. The molecule has 0 aliphatic heterocycles. The minimum atomic E-state index is 0. The van der Waals surface area contributed by atoms with Gasteiger partial charge in [-0.2, -0.15) is 0 Å². The molecule has 2 rings (SSSR count). The Hall–Kier alpha value is -1.06. The lowest BCUT2D eigenvalue weighted by Crippen LogP contribution is -2.37. The Balaban J connectivity index is 0.00000200. The molecule has 1 aromatic carbocycles. The molecule has 0 atom stereocenters. The third kappa shape index (κ3) is 4.80. The highest BCUT2D eigenvalue weighted by Crippen LogP contribution is 2.29. The molecule has 1 aliphatic rings. The number of anilines is 1. The minimum Gasteiger partial charge on any atom is -0.320 e. The van der Waals surface area contributed by atoms with Crippen LogP contribution in [-0.4, -0.2) is 26.0 Å². The topological polar surface area (TPSA) is 32.3 Å². The first-order valence-electron chi connectivity index (χ1n) is 7.31. The summed E-state index contributed by atoms with van der Waals surface area (Å²) >= 11 is 0. The number of carbonyl (C=O) groups is 1. The van der Waals surface area contributed by atoms with E-state index in [1.165, 1.54) is 19.3 Å². The third-order valence-electron chi connectivity index (χ3n) is 3.85. The quantitative estimate of drug-likeness (QED) is 0.784. The number of para-hydroxylation sites is 1. The molecule has 4 heteroatoms. The molecule has 0 bridgehead atoms. The standard InChI is InChI=1S/C16H24N2O.ClH/c1-17-12-6-11-16(19)18(13-14-7-5-8-14)15-9-3-2-4-10-15;/h2-4,9-10,14,17H,5-8,11-13H2,1H3;1H. The van der Waals surface area contributed by atoms with Crippen LogP contribution >= 0.6 is 12.4 Å². The first-order valence-corrected chi connectivity index (χ1v) is 7.31. The molecule has 112 valence electrons. The predicted molar refractivity (Wildman–Crippen MR) is 86.5 cm³/mol. The van der Waals surface area contributed by atoms with Gasteiger partial charge in [0.05, 0.1) is 0 Å². The highest BCUT2D eigenvalue weighted by molar-refractivity contribution is 5.93. The molecular formula is C16H25ClN2O. The van der Waals surface area contributed by atoms with Crippen LogP contribution in [0.1, 0.15) is 32.1 Å². The summed E-state index contributed by atoms with van der Waals surface area (Å²) in [7, 11) is 1.92. The second kappa shape index (κ2) is 8.98. The molecule has 1 aromatic rings. The first kappa shape index (κ1) is 17.0. The fourth-order valence-corrected chi connectivity index (χ4v) is 2.44. The van der Waals surface area contributed by atoms with Gasteiger partial charge in [0.15, 0.2) is 0 Å². The minimum absolute atomic E-state index is 0. The first-order chi connectivity index (χ1) is 9.31. The van der Waals surface area contributed by atoms with E-state index in [-0.39, 0.29) is 18.3 Å². The SMILES string of the molecule is CNCCCC(=O)N(CC1CCC1)c1ccccc1.Cl. The van der Waals surface area contributed by atoms with E-state index >= 15 is 0 Å². The van der Waals surface area contributed by atoms with E-state index in [4.69, 9.17) is 0 Å². The van der Waals surface area contributed by atoms with Gasteiger partial charge in [-0.3, -0.25) is 4.79 Å². The van der Waals surface area contributed by atoms with E-state index in [0.29, 0.717) is 12.3 Å². The summed E-state index contributed by atoms with van der Waals surface area (Å²) in [6.45, 7) is 1.79. The van der Waals surface area contributed by atoms with Crippen LogP contribution in [0.2, 0.25) is 0 Å². The summed E-state index contributed by atoms with van der Waals surface area (Å²) in [4.78, 5) is 14.4. The van der Waals surface area contributed by atoms with E-state index in [0.717, 1.165) is 25.2 Å². The lowest BCUT2D eigenvalue weighted by molar-refractivity contribution is -0.118. The molecule has 0 aromatic heterocycles. The highest BCUT2D eigenvalue weighted by Gasteiger charge is 2.24. The molecular weight excluding hydrogens is 272 g/mol. The van der Waals surface area contributed by atoms with Crippen molar-refractivity contribution in [3.8, 4) is 0 Å². The number of hydrogen-bond donors (Lipinski definition) is 1. The van der Waals surface area contributed by atoms with Crippen molar-refractivity contribution in [2.24, 2.45) is 5.92 Å². The predicted octanol–water partition coefficient (Wildman–Crippen LogP) is 3.24. The molecule has 0 saturated heterocycles. The zero-order chi connectivity index (χ0) is 13.5. The summed E-state index contributed by atoms with van der Waals surface area (Å²) in [6.07, 6.45) is 5.40. The van der Waals surface area contributed by atoms with Gasteiger partial charge in [-0.05, 0) is 50.9 Å². The van der Waals surface area contributed by atoms with Crippen molar-refractivity contribution >= 4 is 24.0 Å². The lowest BCUT2D eigenvalue weighted by Gasteiger charge is -2.32. The average Bonchev–Trinajstić information content (AvgIpc) is 2.39. The number of nitrogens with zero attached hydrogens (tertiary/aromatic N) is 1. The molecule has 0 unspecified atom stereocenters. The number of carbonyl (C=O) groups excluding carboxylic acids is 1. The van der Waals surface area contributed by atoms with E-state index in [9.17, 15) is 4.79 Å². The smallest absolute Gasteiger partial charge is 0.227 e. The summed E-state index contributed by atoms with van der Waals surface area (Å²) in [5, 5.41) is 3.09. The molecule has 3 nitrogen and oxygen atoms in total. The summed E-state index contributed by atoms with van der Waals surface area (Å²) < 4.78 is 0. The fraction of sp³-hybridized carbons (Fsp3) is 0.562. The zero-order valence-corrected chi connectivity index (χ0v) is 13.0. The van der Waals surface area contributed by atoms with Crippen LogP contribution < -0.4 is 10.2 Å². The van der Waals surface area contributed by atoms with E-state index < -0.39 is 0 Å². The highest BCUT2D eigenvalue weighted by atomic mass is 35.5. The van der Waals surface area contributed by atoms with Gasteiger partial charge in [0.25, 0.3) is 0 Å². The van der Waals surface area contributed by atoms with Gasteiger partial charge in [0.2, 0.25) is 5.91 Å². The second-order valence-electron chi connectivity index (χ2n) is 5.34. The molecule has 1 saturated carbocycles. The Kier molecular flexibility index (Phi) is 7.63. The van der Waals surface area contributed by atoms with Crippen LogP contribution in [0.25, 0.3) is 0 Å². The molecule has 1 aliphatic carbocycles. The number of amides is 1. The molecule has 1 N–H and O–H groups in total. The Morgan fingerprint density at radius 3 is 2.55 bits per heavy atom. The van der Waals surface area contributed by atoms with Crippen molar-refractivity contribution in [1.29, 1.82) is 0 Å². The number of nitrogens with one attached hydrogen (secondary N) is 1. The van der Waals surface area contributed by atoms with Gasteiger partial charge >= 0.3 is 0 Å². The molecule has 1 amide bonds. The monoisotopic (exact) mass is 296 g/mol. The number of benzene rings is 1. The van der Waals surface area contributed by atoms with Crippen molar-refractivity contribution in [1.82, 2.24) is 5.32 Å². The van der Waals surface area contributed by atoms with Crippen LogP contribution in [0.3, 0.4) is 0 Å². The van der Waals surface area contributed by atoms with Crippen LogP contribution in [-0.2, 0) is 4.79 Å². The summed E-state index contributed by atoms with van der Waals surface area (Å²) in [5.41, 5.74) is 1.05. The van der Waals surface area contributed by atoms with E-state index in [1.807, 2.05) is 42.3 Å². The molecule has 0 spiro atoms. The number of rotatable bonds is 7. The average molecular weight is 297 g/mol. The van der Waals surface area contributed by atoms with Gasteiger partial charge < -0.3 is 10.2 Å². The lowest BCUT2D eigenvalue weighted by atomic mass is 9.85. The summed E-state index contributed by atoms with van der Waals surface area (Å²) in [6, 6.07) is 10.1. The largest absolute Gasteiger partial charge is 0.320 e. The zero-order valence-electron chi connectivity index (χ0n) is 12.2. The Morgan fingerprint density at radius 2 is 2.00 bits per heavy atom. The molecule has 0 radical (unpaired) electrons. The maximum atomic E-state index is 12.4. The Morgan fingerprint density at radius 1 is 1.30 bits per heavy atom. The van der Waals surface area contributed by atoms with E-state index in [1.54, 1.807) is 0 Å². The van der Waals surface area contributed by atoms with Crippen LogP contribution in [0.5, 0.6) is 0 Å². The summed E-state index contributed by atoms with van der Waals surface area (Å²) in [5.74, 6) is 0.960. The number of halogens is 1. The molecule has 0 heterocycles. The van der Waals surface area contributed by atoms with Crippen LogP contribution in [0, 0.1) is 5.92 Å². The Labute approximate surface area is 128 Å². The van der Waals surface area contributed by atoms with Crippen molar-refractivity contribution in [2.75, 3.05) is 25.0 Å². The normalized spacial score (nSPS) is 14.2.